The lowest BCUT2D eigenvalue weighted by molar-refractivity contribution is 0.242. The van der Waals surface area contributed by atoms with Gasteiger partial charge in [-0.15, -0.1) is 0 Å². The van der Waals surface area contributed by atoms with Crippen molar-refractivity contribution in [1.82, 2.24) is 15.2 Å². The molecule has 0 aliphatic carbocycles. The van der Waals surface area contributed by atoms with Crippen molar-refractivity contribution in [1.29, 1.82) is 0 Å². The third-order valence-electron chi connectivity index (χ3n) is 4.06. The van der Waals surface area contributed by atoms with E-state index in [1.807, 2.05) is 25.2 Å². The van der Waals surface area contributed by atoms with Crippen molar-refractivity contribution in [3.05, 3.63) is 41.0 Å². The minimum Gasteiger partial charge on any atom is -0.318 e. The Bertz CT molecular complexity index is 599. The van der Waals surface area contributed by atoms with E-state index in [1.54, 1.807) is 0 Å². The maximum atomic E-state index is 6.35. The van der Waals surface area contributed by atoms with Crippen LogP contribution in [0.3, 0.4) is 0 Å². The number of benzene rings is 1. The standard InChI is InChI=1S/C16H20ClN3/c1-18-10-14-6-4-8-20(14)11-13-9-12-5-2-3-7-15(12)19-16(13)17/h2-3,5,7,9,14,18H,4,6,8,10-11H2,1H3. The van der Waals surface area contributed by atoms with Crippen LogP contribution in [-0.2, 0) is 6.54 Å². The highest BCUT2D eigenvalue weighted by molar-refractivity contribution is 6.30. The molecular formula is C16H20ClN3. The van der Waals surface area contributed by atoms with Gasteiger partial charge < -0.3 is 5.32 Å². The minimum absolute atomic E-state index is 0.613. The van der Waals surface area contributed by atoms with Crippen molar-refractivity contribution in [2.24, 2.45) is 0 Å². The summed E-state index contributed by atoms with van der Waals surface area (Å²) in [6, 6.07) is 10.9. The third-order valence-corrected chi connectivity index (χ3v) is 4.39. The van der Waals surface area contributed by atoms with Gasteiger partial charge >= 0.3 is 0 Å². The lowest BCUT2D eigenvalue weighted by Gasteiger charge is -2.24. The van der Waals surface area contributed by atoms with E-state index in [0.29, 0.717) is 11.2 Å². The number of hydrogen-bond acceptors (Lipinski definition) is 3. The molecule has 1 aliphatic heterocycles. The predicted octanol–water partition coefficient (Wildman–Crippen LogP) is 3.07. The first-order valence-corrected chi connectivity index (χ1v) is 7.58. The molecule has 106 valence electrons. The zero-order valence-corrected chi connectivity index (χ0v) is 12.5. The van der Waals surface area contributed by atoms with Crippen LogP contribution in [0.4, 0.5) is 0 Å². The molecule has 1 aromatic heterocycles. The fourth-order valence-electron chi connectivity index (χ4n) is 3.04. The SMILES string of the molecule is CNCC1CCCN1Cc1cc2ccccc2nc1Cl. The summed E-state index contributed by atoms with van der Waals surface area (Å²) in [4.78, 5) is 7.02. The summed E-state index contributed by atoms with van der Waals surface area (Å²) in [7, 11) is 2.01. The average molecular weight is 290 g/mol. The number of hydrogen-bond donors (Lipinski definition) is 1. The highest BCUT2D eigenvalue weighted by atomic mass is 35.5. The molecule has 1 unspecified atom stereocenters. The van der Waals surface area contributed by atoms with E-state index in [9.17, 15) is 0 Å². The Morgan fingerprint density at radius 1 is 1.40 bits per heavy atom. The molecule has 3 rings (SSSR count). The average Bonchev–Trinajstić information content (AvgIpc) is 2.87. The van der Waals surface area contributed by atoms with Gasteiger partial charge in [-0.1, -0.05) is 29.8 Å². The zero-order chi connectivity index (χ0) is 13.9. The molecule has 1 N–H and O–H groups in total. The van der Waals surface area contributed by atoms with E-state index < -0.39 is 0 Å². The Balaban J connectivity index is 1.84. The fourth-order valence-corrected chi connectivity index (χ4v) is 3.24. The van der Waals surface area contributed by atoms with Crippen LogP contribution in [0.5, 0.6) is 0 Å². The van der Waals surface area contributed by atoms with Crippen molar-refractivity contribution in [3.63, 3.8) is 0 Å². The molecule has 0 radical (unpaired) electrons. The second kappa shape index (κ2) is 6.08. The number of nitrogens with one attached hydrogen (secondary N) is 1. The van der Waals surface area contributed by atoms with Gasteiger partial charge in [0.25, 0.3) is 0 Å². The number of likely N-dealkylation sites (tertiary alicyclic amines) is 1. The largest absolute Gasteiger partial charge is 0.318 e. The Labute approximate surface area is 124 Å². The molecule has 0 amide bonds. The van der Waals surface area contributed by atoms with Gasteiger partial charge in [0.2, 0.25) is 0 Å². The first kappa shape index (κ1) is 13.8. The van der Waals surface area contributed by atoms with Crippen LogP contribution in [0.25, 0.3) is 10.9 Å². The summed E-state index contributed by atoms with van der Waals surface area (Å²) in [6.07, 6.45) is 2.53. The molecule has 2 aromatic rings. The molecule has 1 aromatic carbocycles. The van der Waals surface area contributed by atoms with Gasteiger partial charge in [0, 0.05) is 30.1 Å². The van der Waals surface area contributed by atoms with Gasteiger partial charge in [-0.2, -0.15) is 0 Å². The number of halogens is 1. The number of nitrogens with zero attached hydrogens (tertiary/aromatic N) is 2. The van der Waals surface area contributed by atoms with Gasteiger partial charge in [-0.25, -0.2) is 4.98 Å². The van der Waals surface area contributed by atoms with Crippen LogP contribution < -0.4 is 5.32 Å². The summed E-state index contributed by atoms with van der Waals surface area (Å²) < 4.78 is 0. The van der Waals surface area contributed by atoms with Crippen LogP contribution in [0.1, 0.15) is 18.4 Å². The molecule has 0 spiro atoms. The summed E-state index contributed by atoms with van der Waals surface area (Å²) >= 11 is 6.35. The van der Waals surface area contributed by atoms with Gasteiger partial charge in [-0.05, 0) is 38.6 Å². The van der Waals surface area contributed by atoms with E-state index in [2.05, 4.69) is 27.3 Å². The summed E-state index contributed by atoms with van der Waals surface area (Å²) in [6.45, 7) is 3.08. The summed E-state index contributed by atoms with van der Waals surface area (Å²) in [5.41, 5.74) is 2.10. The van der Waals surface area contributed by atoms with Gasteiger partial charge in [0.15, 0.2) is 0 Å². The second-order valence-electron chi connectivity index (χ2n) is 5.46. The van der Waals surface area contributed by atoms with E-state index in [4.69, 9.17) is 11.6 Å². The minimum atomic E-state index is 0.613. The summed E-state index contributed by atoms with van der Waals surface area (Å²) in [5.74, 6) is 0. The smallest absolute Gasteiger partial charge is 0.134 e. The maximum absolute atomic E-state index is 6.35. The van der Waals surface area contributed by atoms with Gasteiger partial charge in [0.05, 0.1) is 5.52 Å². The first-order chi connectivity index (χ1) is 9.78. The van der Waals surface area contributed by atoms with Crippen molar-refractivity contribution in [2.75, 3.05) is 20.1 Å². The number of pyridine rings is 1. The topological polar surface area (TPSA) is 28.2 Å². The Kier molecular flexibility index (Phi) is 4.20. The van der Waals surface area contributed by atoms with Crippen LogP contribution >= 0.6 is 11.6 Å². The zero-order valence-electron chi connectivity index (χ0n) is 11.8. The van der Waals surface area contributed by atoms with Crippen molar-refractivity contribution >= 4 is 22.5 Å². The quantitative estimate of drug-likeness (QED) is 0.877. The fraction of sp³-hybridized carbons (Fsp3) is 0.438. The molecule has 1 atom stereocenters. The second-order valence-corrected chi connectivity index (χ2v) is 5.81. The normalized spacial score (nSPS) is 19.8. The van der Waals surface area contributed by atoms with Gasteiger partial charge in [0.1, 0.15) is 5.15 Å². The molecule has 1 fully saturated rings. The maximum Gasteiger partial charge on any atom is 0.134 e. The highest BCUT2D eigenvalue weighted by Gasteiger charge is 2.24. The van der Waals surface area contributed by atoms with Crippen LogP contribution in [0, 0.1) is 0 Å². The Hall–Kier alpha value is -1.16. The van der Waals surface area contributed by atoms with E-state index in [1.165, 1.54) is 12.8 Å². The first-order valence-electron chi connectivity index (χ1n) is 7.21. The Morgan fingerprint density at radius 2 is 2.25 bits per heavy atom. The van der Waals surface area contributed by atoms with Gasteiger partial charge in [-0.3, -0.25) is 4.90 Å². The van der Waals surface area contributed by atoms with E-state index >= 15 is 0 Å². The number of likely N-dealkylation sites (N-methyl/N-ethyl adjacent to an activating group) is 1. The van der Waals surface area contributed by atoms with E-state index in [0.717, 1.165) is 36.1 Å². The van der Waals surface area contributed by atoms with Crippen LogP contribution in [0.15, 0.2) is 30.3 Å². The molecule has 1 aliphatic rings. The van der Waals surface area contributed by atoms with Crippen LogP contribution in [-0.4, -0.2) is 36.1 Å². The number of rotatable bonds is 4. The van der Waals surface area contributed by atoms with Crippen LogP contribution in [0.2, 0.25) is 5.15 Å². The van der Waals surface area contributed by atoms with Crippen molar-refractivity contribution < 1.29 is 0 Å². The molecular weight excluding hydrogens is 270 g/mol. The lowest BCUT2D eigenvalue weighted by Crippen LogP contribution is -2.36. The molecule has 3 nitrogen and oxygen atoms in total. The predicted molar refractivity (Wildman–Crippen MR) is 84.1 cm³/mol. The molecule has 1 saturated heterocycles. The highest BCUT2D eigenvalue weighted by Crippen LogP contribution is 2.25. The lowest BCUT2D eigenvalue weighted by atomic mass is 10.1. The number of fused-ring (bicyclic) bond motifs is 1. The molecule has 0 bridgehead atoms. The molecule has 4 heteroatoms. The van der Waals surface area contributed by atoms with Crippen molar-refractivity contribution in [3.8, 4) is 0 Å². The third kappa shape index (κ3) is 2.80. The number of aromatic nitrogens is 1. The van der Waals surface area contributed by atoms with E-state index in [-0.39, 0.29) is 0 Å². The number of para-hydroxylation sites is 1. The molecule has 20 heavy (non-hydrogen) atoms. The Morgan fingerprint density at radius 3 is 3.10 bits per heavy atom. The molecule has 0 saturated carbocycles. The summed E-state index contributed by atoms with van der Waals surface area (Å²) in [5, 5.41) is 5.08. The van der Waals surface area contributed by atoms with Crippen molar-refractivity contribution in [2.45, 2.75) is 25.4 Å². The monoisotopic (exact) mass is 289 g/mol. The molecule has 2 heterocycles.